The van der Waals surface area contributed by atoms with Crippen molar-refractivity contribution in [2.45, 2.75) is 37.9 Å². The molecule has 0 spiro atoms. The van der Waals surface area contributed by atoms with Crippen LogP contribution in [-0.2, 0) is 9.53 Å². The van der Waals surface area contributed by atoms with Gasteiger partial charge in [0.1, 0.15) is 0 Å². The predicted octanol–water partition coefficient (Wildman–Crippen LogP) is 2.78. The molecule has 0 aliphatic heterocycles. The van der Waals surface area contributed by atoms with Crippen LogP contribution in [0.15, 0.2) is 30.3 Å². The van der Waals surface area contributed by atoms with Crippen molar-refractivity contribution < 1.29 is 9.53 Å². The van der Waals surface area contributed by atoms with Gasteiger partial charge in [-0.25, -0.2) is 0 Å². The van der Waals surface area contributed by atoms with Crippen molar-refractivity contribution >= 4 is 5.91 Å². The van der Waals surface area contributed by atoms with Gasteiger partial charge in [0.05, 0.1) is 6.10 Å². The molecule has 3 nitrogen and oxygen atoms in total. The van der Waals surface area contributed by atoms with Crippen molar-refractivity contribution in [3.05, 3.63) is 35.9 Å². The third kappa shape index (κ3) is 3.10. The number of rotatable bonds is 4. The summed E-state index contributed by atoms with van der Waals surface area (Å²) in [5, 5.41) is 0. The van der Waals surface area contributed by atoms with E-state index in [9.17, 15) is 4.79 Å². The van der Waals surface area contributed by atoms with E-state index in [1.54, 1.807) is 19.0 Å². The van der Waals surface area contributed by atoms with Gasteiger partial charge in [-0.3, -0.25) is 4.79 Å². The highest BCUT2D eigenvalue weighted by Crippen LogP contribution is 2.28. The summed E-state index contributed by atoms with van der Waals surface area (Å²) in [6.07, 6.45) is 4.35. The number of hydrogen-bond donors (Lipinski definition) is 0. The van der Waals surface area contributed by atoms with Gasteiger partial charge in [-0.05, 0) is 18.4 Å². The van der Waals surface area contributed by atoms with Crippen molar-refractivity contribution in [3.8, 4) is 0 Å². The van der Waals surface area contributed by atoms with E-state index in [2.05, 4.69) is 0 Å². The minimum Gasteiger partial charge on any atom is -0.360 e. The fourth-order valence-electron chi connectivity index (χ4n) is 2.36. The summed E-state index contributed by atoms with van der Waals surface area (Å²) in [6.45, 7) is 0. The Balaban J connectivity index is 2.14. The second-order valence-electron chi connectivity index (χ2n) is 5.07. The lowest BCUT2D eigenvalue weighted by atomic mass is 10.1. The Hall–Kier alpha value is -1.35. The second-order valence-corrected chi connectivity index (χ2v) is 5.07. The van der Waals surface area contributed by atoms with Crippen LogP contribution in [0.25, 0.3) is 0 Å². The highest BCUT2D eigenvalue weighted by Gasteiger charge is 2.27. The molecule has 0 unspecified atom stereocenters. The Labute approximate surface area is 109 Å². The van der Waals surface area contributed by atoms with Crippen LogP contribution in [0.1, 0.15) is 37.4 Å². The van der Waals surface area contributed by atoms with Gasteiger partial charge in [-0.15, -0.1) is 0 Å². The lowest BCUT2D eigenvalue weighted by Crippen LogP contribution is -2.31. The molecular weight excluding hydrogens is 226 g/mol. The first-order chi connectivity index (χ1) is 8.68. The topological polar surface area (TPSA) is 29.5 Å². The van der Waals surface area contributed by atoms with Crippen LogP contribution in [-0.4, -0.2) is 31.0 Å². The van der Waals surface area contributed by atoms with Crippen molar-refractivity contribution in [1.82, 2.24) is 4.90 Å². The van der Waals surface area contributed by atoms with E-state index in [0.717, 1.165) is 18.4 Å². The Kier molecular flexibility index (Phi) is 4.37. The fourth-order valence-corrected chi connectivity index (χ4v) is 2.36. The van der Waals surface area contributed by atoms with Gasteiger partial charge < -0.3 is 9.64 Å². The summed E-state index contributed by atoms with van der Waals surface area (Å²) in [4.78, 5) is 13.8. The third-order valence-electron chi connectivity index (χ3n) is 3.40. The highest BCUT2D eigenvalue weighted by molar-refractivity contribution is 5.81. The average Bonchev–Trinajstić information content (AvgIpc) is 2.89. The molecule has 0 aromatic heterocycles. The molecule has 1 aliphatic rings. The van der Waals surface area contributed by atoms with Crippen molar-refractivity contribution in [3.63, 3.8) is 0 Å². The van der Waals surface area contributed by atoms with E-state index in [4.69, 9.17) is 4.74 Å². The first-order valence-corrected chi connectivity index (χ1v) is 6.60. The normalized spacial score (nSPS) is 17.7. The van der Waals surface area contributed by atoms with Crippen LogP contribution in [0.5, 0.6) is 0 Å². The molecule has 0 saturated heterocycles. The first kappa shape index (κ1) is 13.1. The molecule has 1 aliphatic carbocycles. The van der Waals surface area contributed by atoms with Gasteiger partial charge in [0.25, 0.3) is 5.91 Å². The monoisotopic (exact) mass is 247 g/mol. The third-order valence-corrected chi connectivity index (χ3v) is 3.40. The van der Waals surface area contributed by atoms with Crippen LogP contribution < -0.4 is 0 Å². The number of carbonyl (C=O) groups excluding carboxylic acids is 1. The van der Waals surface area contributed by atoms with E-state index in [1.165, 1.54) is 12.8 Å². The molecular formula is C15H21NO2. The van der Waals surface area contributed by atoms with Gasteiger partial charge in [-0.2, -0.15) is 0 Å². The van der Waals surface area contributed by atoms with E-state index in [-0.39, 0.29) is 12.0 Å². The lowest BCUT2D eigenvalue weighted by Gasteiger charge is -2.24. The van der Waals surface area contributed by atoms with E-state index < -0.39 is 6.10 Å². The van der Waals surface area contributed by atoms with Crippen LogP contribution >= 0.6 is 0 Å². The summed E-state index contributed by atoms with van der Waals surface area (Å²) in [5.74, 6) is 0.0214. The number of hydrogen-bond acceptors (Lipinski definition) is 2. The molecule has 0 radical (unpaired) electrons. The van der Waals surface area contributed by atoms with E-state index in [1.807, 2.05) is 30.3 Å². The van der Waals surface area contributed by atoms with Crippen LogP contribution in [0.2, 0.25) is 0 Å². The molecule has 1 amide bonds. The predicted molar refractivity (Wildman–Crippen MR) is 71.2 cm³/mol. The van der Waals surface area contributed by atoms with Crippen LogP contribution in [0.4, 0.5) is 0 Å². The molecule has 18 heavy (non-hydrogen) atoms. The summed E-state index contributed by atoms with van der Waals surface area (Å²) in [6, 6.07) is 9.77. The summed E-state index contributed by atoms with van der Waals surface area (Å²) in [7, 11) is 3.55. The molecule has 98 valence electrons. The summed E-state index contributed by atoms with van der Waals surface area (Å²) in [5.41, 5.74) is 0.947. The zero-order chi connectivity index (χ0) is 13.0. The second kappa shape index (κ2) is 6.01. The summed E-state index contributed by atoms with van der Waals surface area (Å²) < 4.78 is 6.03. The quantitative estimate of drug-likeness (QED) is 0.818. The maximum atomic E-state index is 12.2. The van der Waals surface area contributed by atoms with Gasteiger partial charge in [0.2, 0.25) is 0 Å². The molecule has 0 N–H and O–H groups in total. The molecule has 1 saturated carbocycles. The molecule has 3 heteroatoms. The minimum absolute atomic E-state index is 0.0214. The number of amides is 1. The summed E-state index contributed by atoms with van der Waals surface area (Å²) >= 11 is 0. The zero-order valence-electron chi connectivity index (χ0n) is 11.1. The van der Waals surface area contributed by atoms with E-state index >= 15 is 0 Å². The maximum Gasteiger partial charge on any atom is 0.255 e. The van der Waals surface area contributed by atoms with Crippen molar-refractivity contribution in [2.75, 3.05) is 14.1 Å². The highest BCUT2D eigenvalue weighted by atomic mass is 16.5. The lowest BCUT2D eigenvalue weighted by molar-refractivity contribution is -0.145. The smallest absolute Gasteiger partial charge is 0.255 e. The fraction of sp³-hybridized carbons (Fsp3) is 0.533. The minimum atomic E-state index is -0.454. The Bertz CT molecular complexity index is 383. The van der Waals surface area contributed by atoms with Crippen molar-refractivity contribution in [2.24, 2.45) is 0 Å². The SMILES string of the molecule is CN(C)C(=O)[C@H](OC1CCCC1)c1ccccc1. The molecule has 0 heterocycles. The molecule has 1 fully saturated rings. The van der Waals surface area contributed by atoms with Crippen LogP contribution in [0.3, 0.4) is 0 Å². The van der Waals surface area contributed by atoms with Gasteiger partial charge in [0.15, 0.2) is 6.10 Å². The molecule has 2 rings (SSSR count). The molecule has 1 atom stereocenters. The Morgan fingerprint density at radius 1 is 1.22 bits per heavy atom. The average molecular weight is 247 g/mol. The molecule has 1 aromatic rings. The van der Waals surface area contributed by atoms with Gasteiger partial charge in [0, 0.05) is 14.1 Å². The molecule has 0 bridgehead atoms. The maximum absolute atomic E-state index is 12.2. The largest absolute Gasteiger partial charge is 0.360 e. The number of carbonyl (C=O) groups is 1. The van der Waals surface area contributed by atoms with Crippen LogP contribution in [0, 0.1) is 0 Å². The van der Waals surface area contributed by atoms with Gasteiger partial charge >= 0.3 is 0 Å². The number of likely N-dealkylation sites (N-methyl/N-ethyl adjacent to an activating group) is 1. The van der Waals surface area contributed by atoms with Gasteiger partial charge in [-0.1, -0.05) is 43.2 Å². The Morgan fingerprint density at radius 2 is 1.83 bits per heavy atom. The number of ether oxygens (including phenoxy) is 1. The first-order valence-electron chi connectivity index (χ1n) is 6.60. The number of nitrogens with zero attached hydrogens (tertiary/aromatic N) is 1. The standard InChI is InChI=1S/C15H21NO2/c1-16(2)15(17)14(12-8-4-3-5-9-12)18-13-10-6-7-11-13/h3-5,8-9,13-14H,6-7,10-11H2,1-2H3/t14-/m1/s1. The zero-order valence-corrected chi connectivity index (χ0v) is 11.1. The Morgan fingerprint density at radius 3 is 2.39 bits per heavy atom. The molecule has 1 aromatic carbocycles. The van der Waals surface area contributed by atoms with Crippen molar-refractivity contribution in [1.29, 1.82) is 0 Å². The van der Waals surface area contributed by atoms with E-state index in [0.29, 0.717) is 0 Å². The number of benzene rings is 1.